The van der Waals surface area contributed by atoms with Crippen LogP contribution in [0.15, 0.2) is 42.6 Å². The number of urea groups is 1. The average molecular weight is 299 g/mol. The van der Waals surface area contributed by atoms with Gasteiger partial charge in [-0.1, -0.05) is 19.1 Å². The van der Waals surface area contributed by atoms with E-state index >= 15 is 0 Å². The van der Waals surface area contributed by atoms with Gasteiger partial charge in [0.15, 0.2) is 0 Å². The van der Waals surface area contributed by atoms with Gasteiger partial charge in [0.2, 0.25) is 0 Å². The molecule has 2 aromatic rings. The van der Waals surface area contributed by atoms with E-state index in [4.69, 9.17) is 0 Å². The van der Waals surface area contributed by atoms with E-state index in [0.717, 1.165) is 17.8 Å². The summed E-state index contributed by atoms with van der Waals surface area (Å²) in [6, 6.07) is 12.1. The van der Waals surface area contributed by atoms with Crippen LogP contribution in [-0.4, -0.2) is 21.5 Å². The Labute approximate surface area is 132 Å². The van der Waals surface area contributed by atoms with E-state index in [1.165, 1.54) is 5.56 Å². The maximum absolute atomic E-state index is 12.6. The molecule has 0 atom stereocenters. The van der Waals surface area contributed by atoms with Crippen molar-refractivity contribution < 1.29 is 4.79 Å². The van der Waals surface area contributed by atoms with Crippen molar-refractivity contribution in [2.24, 2.45) is 7.05 Å². The first-order chi connectivity index (χ1) is 10.5. The zero-order valence-corrected chi connectivity index (χ0v) is 13.8. The quantitative estimate of drug-likeness (QED) is 0.889. The number of nitrogens with zero attached hydrogens (tertiary/aromatic N) is 2. The lowest BCUT2D eigenvalue weighted by Crippen LogP contribution is -2.39. The predicted molar refractivity (Wildman–Crippen MR) is 90.9 cm³/mol. The summed E-state index contributed by atoms with van der Waals surface area (Å²) in [4.78, 5) is 14.4. The van der Waals surface area contributed by atoms with Gasteiger partial charge in [-0.05, 0) is 50.1 Å². The molecule has 4 heteroatoms. The van der Waals surface area contributed by atoms with Crippen LogP contribution >= 0.6 is 0 Å². The molecule has 0 radical (unpaired) electrons. The molecule has 2 rings (SSSR count). The molecule has 0 aliphatic rings. The van der Waals surface area contributed by atoms with Crippen molar-refractivity contribution in [3.63, 3.8) is 0 Å². The van der Waals surface area contributed by atoms with E-state index in [9.17, 15) is 4.79 Å². The van der Waals surface area contributed by atoms with Crippen LogP contribution in [-0.2, 0) is 20.0 Å². The molecule has 1 heterocycles. The van der Waals surface area contributed by atoms with Gasteiger partial charge in [-0.2, -0.15) is 0 Å². The maximum Gasteiger partial charge on any atom is 0.322 e. The minimum absolute atomic E-state index is 0.0653. The number of anilines is 1. The van der Waals surface area contributed by atoms with E-state index in [1.807, 2.05) is 66.9 Å². The summed E-state index contributed by atoms with van der Waals surface area (Å²) >= 11 is 0. The minimum Gasteiger partial charge on any atom is -0.353 e. The Morgan fingerprint density at radius 1 is 1.27 bits per heavy atom. The van der Waals surface area contributed by atoms with Gasteiger partial charge in [-0.15, -0.1) is 0 Å². The number of nitrogens with one attached hydrogen (secondary N) is 1. The van der Waals surface area contributed by atoms with Crippen LogP contribution < -0.4 is 5.32 Å². The van der Waals surface area contributed by atoms with Crippen LogP contribution in [0.1, 0.15) is 32.0 Å². The SMILES string of the molecule is CCc1cccc(NC(=O)N(Cc2cccn2C)C(C)C)c1. The van der Waals surface area contributed by atoms with E-state index in [1.54, 1.807) is 0 Å². The second-order valence-corrected chi connectivity index (χ2v) is 5.82. The number of hydrogen-bond acceptors (Lipinski definition) is 1. The highest BCUT2D eigenvalue weighted by atomic mass is 16.2. The first-order valence-corrected chi connectivity index (χ1v) is 7.78. The summed E-state index contributed by atoms with van der Waals surface area (Å²) in [6.45, 7) is 6.77. The van der Waals surface area contributed by atoms with Gasteiger partial charge in [-0.3, -0.25) is 0 Å². The monoisotopic (exact) mass is 299 g/mol. The first-order valence-electron chi connectivity index (χ1n) is 7.78. The standard InChI is InChI=1S/C18H25N3O/c1-5-15-8-6-9-16(12-15)19-18(22)21(14(2)3)13-17-10-7-11-20(17)4/h6-12,14H,5,13H2,1-4H3,(H,19,22). The Bertz CT molecular complexity index is 631. The normalized spacial score (nSPS) is 10.8. The zero-order valence-electron chi connectivity index (χ0n) is 13.8. The summed E-state index contributed by atoms with van der Waals surface area (Å²) in [6.07, 6.45) is 2.96. The molecule has 2 amide bonds. The lowest BCUT2D eigenvalue weighted by molar-refractivity contribution is 0.192. The summed E-state index contributed by atoms with van der Waals surface area (Å²) in [5.74, 6) is 0. The van der Waals surface area contributed by atoms with Gasteiger partial charge >= 0.3 is 6.03 Å². The van der Waals surface area contributed by atoms with Crippen molar-refractivity contribution in [3.8, 4) is 0 Å². The number of carbonyl (C=O) groups is 1. The van der Waals surface area contributed by atoms with Crippen LogP contribution in [0.25, 0.3) is 0 Å². The lowest BCUT2D eigenvalue weighted by Gasteiger charge is -2.27. The van der Waals surface area contributed by atoms with Crippen molar-refractivity contribution in [2.45, 2.75) is 39.8 Å². The van der Waals surface area contributed by atoms with E-state index in [2.05, 4.69) is 18.3 Å². The Kier molecular flexibility index (Phi) is 5.26. The number of aryl methyl sites for hydroxylation is 2. The molecule has 0 aliphatic carbocycles. The Balaban J connectivity index is 2.11. The number of benzene rings is 1. The topological polar surface area (TPSA) is 37.3 Å². The third-order valence-electron chi connectivity index (χ3n) is 3.85. The fraction of sp³-hybridized carbons (Fsp3) is 0.389. The maximum atomic E-state index is 12.6. The number of rotatable bonds is 5. The summed E-state index contributed by atoms with van der Waals surface area (Å²) in [7, 11) is 2.00. The Morgan fingerprint density at radius 2 is 2.05 bits per heavy atom. The molecule has 118 valence electrons. The molecule has 0 fully saturated rings. The summed E-state index contributed by atoms with van der Waals surface area (Å²) in [5, 5.41) is 3.01. The molecule has 0 unspecified atom stereocenters. The number of hydrogen-bond donors (Lipinski definition) is 1. The van der Waals surface area contributed by atoms with Crippen molar-refractivity contribution >= 4 is 11.7 Å². The van der Waals surface area contributed by atoms with Gasteiger partial charge in [-0.25, -0.2) is 4.79 Å². The summed E-state index contributed by atoms with van der Waals surface area (Å²) in [5.41, 5.74) is 3.18. The molecule has 22 heavy (non-hydrogen) atoms. The van der Waals surface area contributed by atoms with Crippen LogP contribution in [0.5, 0.6) is 0 Å². The minimum atomic E-state index is -0.0653. The van der Waals surface area contributed by atoms with Crippen LogP contribution in [0, 0.1) is 0 Å². The third-order valence-corrected chi connectivity index (χ3v) is 3.85. The largest absolute Gasteiger partial charge is 0.353 e. The van der Waals surface area contributed by atoms with E-state index in [-0.39, 0.29) is 12.1 Å². The van der Waals surface area contributed by atoms with Crippen molar-refractivity contribution in [1.82, 2.24) is 9.47 Å². The molecule has 0 saturated carbocycles. The van der Waals surface area contributed by atoms with Crippen molar-refractivity contribution in [2.75, 3.05) is 5.32 Å². The second kappa shape index (κ2) is 7.16. The number of amides is 2. The van der Waals surface area contributed by atoms with Gasteiger partial charge < -0.3 is 14.8 Å². The van der Waals surface area contributed by atoms with Gasteiger partial charge in [0.25, 0.3) is 0 Å². The van der Waals surface area contributed by atoms with Crippen molar-refractivity contribution in [3.05, 3.63) is 53.9 Å². The number of carbonyl (C=O) groups excluding carboxylic acids is 1. The third kappa shape index (κ3) is 3.91. The molecule has 0 spiro atoms. The average Bonchev–Trinajstić information content (AvgIpc) is 2.89. The molecular weight excluding hydrogens is 274 g/mol. The Morgan fingerprint density at radius 3 is 2.64 bits per heavy atom. The molecular formula is C18H25N3O. The van der Waals surface area contributed by atoms with Crippen LogP contribution in [0.2, 0.25) is 0 Å². The molecule has 1 aromatic carbocycles. The van der Waals surface area contributed by atoms with Gasteiger partial charge in [0.1, 0.15) is 0 Å². The van der Waals surface area contributed by atoms with Gasteiger partial charge in [0.05, 0.1) is 6.54 Å². The molecule has 4 nitrogen and oxygen atoms in total. The number of aromatic nitrogens is 1. The second-order valence-electron chi connectivity index (χ2n) is 5.82. The molecule has 0 aliphatic heterocycles. The van der Waals surface area contributed by atoms with Crippen LogP contribution in [0.4, 0.5) is 10.5 Å². The highest BCUT2D eigenvalue weighted by Gasteiger charge is 2.18. The highest BCUT2D eigenvalue weighted by molar-refractivity contribution is 5.89. The predicted octanol–water partition coefficient (Wildman–Crippen LogP) is 4.03. The molecule has 1 aromatic heterocycles. The summed E-state index contributed by atoms with van der Waals surface area (Å²) < 4.78 is 2.04. The van der Waals surface area contributed by atoms with E-state index < -0.39 is 0 Å². The van der Waals surface area contributed by atoms with E-state index in [0.29, 0.717) is 6.54 Å². The smallest absolute Gasteiger partial charge is 0.322 e. The Hall–Kier alpha value is -2.23. The molecule has 0 saturated heterocycles. The first kappa shape index (κ1) is 16.1. The lowest BCUT2D eigenvalue weighted by atomic mass is 10.1. The fourth-order valence-electron chi connectivity index (χ4n) is 2.39. The van der Waals surface area contributed by atoms with Crippen molar-refractivity contribution in [1.29, 1.82) is 0 Å². The van der Waals surface area contributed by atoms with Crippen LogP contribution in [0.3, 0.4) is 0 Å². The van der Waals surface area contributed by atoms with Gasteiger partial charge in [0, 0.05) is 30.7 Å². The molecule has 0 bridgehead atoms. The molecule has 1 N–H and O–H groups in total. The highest BCUT2D eigenvalue weighted by Crippen LogP contribution is 2.15. The fourth-order valence-corrected chi connectivity index (χ4v) is 2.39. The zero-order chi connectivity index (χ0) is 16.1.